The number of rotatable bonds is 11. The predicted molar refractivity (Wildman–Crippen MR) is 170 cm³/mol. The van der Waals surface area contributed by atoms with Crippen LogP contribution < -0.4 is 4.74 Å². The molecule has 0 N–H and O–H groups in total. The molecule has 0 amide bonds. The first-order valence-electron chi connectivity index (χ1n) is 15.2. The fourth-order valence-corrected chi connectivity index (χ4v) is 6.16. The van der Waals surface area contributed by atoms with Gasteiger partial charge < -0.3 is 14.0 Å². The summed E-state index contributed by atoms with van der Waals surface area (Å²) in [5.41, 5.74) is 4.20. The second-order valence-electron chi connectivity index (χ2n) is 12.9. The van der Waals surface area contributed by atoms with Crippen molar-refractivity contribution in [2.24, 2.45) is 0 Å². The lowest BCUT2D eigenvalue weighted by Crippen LogP contribution is -2.41. The third kappa shape index (κ3) is 6.05. The molecule has 0 aromatic heterocycles. The van der Waals surface area contributed by atoms with Gasteiger partial charge in [0.05, 0.1) is 11.2 Å². The monoisotopic (exact) mass is 559 g/mol. The van der Waals surface area contributed by atoms with Crippen LogP contribution in [0.15, 0.2) is 115 Å². The zero-order valence-corrected chi connectivity index (χ0v) is 25.3. The van der Waals surface area contributed by atoms with Crippen LogP contribution in [0, 0.1) is 0 Å². The van der Waals surface area contributed by atoms with Gasteiger partial charge in [-0.1, -0.05) is 103 Å². The van der Waals surface area contributed by atoms with E-state index >= 15 is 0 Å². The van der Waals surface area contributed by atoms with Crippen molar-refractivity contribution in [1.29, 1.82) is 0 Å². The number of hydrogen-bond donors (Lipinski definition) is 0. The summed E-state index contributed by atoms with van der Waals surface area (Å²) in [4.78, 5) is 2.62. The lowest BCUT2D eigenvalue weighted by Gasteiger charge is -2.39. The first-order valence-corrected chi connectivity index (χ1v) is 15.2. The summed E-state index contributed by atoms with van der Waals surface area (Å²) in [7, 11) is -0.296. The van der Waals surface area contributed by atoms with Crippen molar-refractivity contribution in [2.45, 2.75) is 82.8 Å². The van der Waals surface area contributed by atoms with Crippen LogP contribution in [0.25, 0.3) is 0 Å². The van der Waals surface area contributed by atoms with Gasteiger partial charge in [-0.15, -0.1) is 0 Å². The van der Waals surface area contributed by atoms with E-state index < -0.39 is 0 Å². The second-order valence-corrected chi connectivity index (χ2v) is 12.9. The topological polar surface area (TPSA) is 30.9 Å². The van der Waals surface area contributed by atoms with Crippen molar-refractivity contribution in [3.63, 3.8) is 0 Å². The van der Waals surface area contributed by atoms with Gasteiger partial charge in [0.2, 0.25) is 0 Å². The van der Waals surface area contributed by atoms with E-state index in [1.807, 2.05) is 6.07 Å². The standard InChI is InChI=1S/C37H42BNO3/c1-35(2)36(3,4)42-38(41-35)37(23-24-37)34(32-21-14-22-33(25-32)40-28-31-19-12-7-13-20-31)39(26-29-15-8-5-9-16-29)27-30-17-10-6-11-18-30/h5-22,25,34H,23-24,26-28H2,1-4H3. The molecule has 0 radical (unpaired) electrons. The average Bonchev–Trinajstić information content (AvgIpc) is 3.75. The van der Waals surface area contributed by atoms with Gasteiger partial charge in [0.1, 0.15) is 12.4 Å². The summed E-state index contributed by atoms with van der Waals surface area (Å²) >= 11 is 0. The summed E-state index contributed by atoms with van der Waals surface area (Å²) in [5, 5.41) is -0.174. The molecule has 42 heavy (non-hydrogen) atoms. The van der Waals surface area contributed by atoms with Crippen molar-refractivity contribution in [3.05, 3.63) is 138 Å². The third-order valence-corrected chi connectivity index (χ3v) is 9.34. The molecule has 2 aliphatic rings. The molecule has 1 heterocycles. The highest BCUT2D eigenvalue weighted by Gasteiger charge is 2.68. The van der Waals surface area contributed by atoms with Crippen LogP contribution in [-0.2, 0) is 29.0 Å². The van der Waals surface area contributed by atoms with Crippen LogP contribution in [0.3, 0.4) is 0 Å². The van der Waals surface area contributed by atoms with Gasteiger partial charge in [-0.2, -0.15) is 0 Å². The summed E-state index contributed by atoms with van der Waals surface area (Å²) in [6.07, 6.45) is 2.09. The Morgan fingerprint density at radius 2 is 1.17 bits per heavy atom. The van der Waals surface area contributed by atoms with Crippen LogP contribution in [0.5, 0.6) is 5.75 Å². The molecule has 0 spiro atoms. The molecule has 1 unspecified atom stereocenters. The molecule has 1 aliphatic heterocycles. The lowest BCUT2D eigenvalue weighted by molar-refractivity contribution is 0.00578. The predicted octanol–water partition coefficient (Wildman–Crippen LogP) is 8.64. The number of ether oxygens (including phenoxy) is 1. The largest absolute Gasteiger partial charge is 0.489 e. The first kappa shape index (κ1) is 28.7. The molecular formula is C37H42BNO3. The molecule has 2 fully saturated rings. The zero-order valence-electron chi connectivity index (χ0n) is 25.3. The lowest BCUT2D eigenvalue weighted by atomic mass is 9.61. The molecular weight excluding hydrogens is 517 g/mol. The van der Waals surface area contributed by atoms with Crippen LogP contribution in [0.1, 0.15) is 68.8 Å². The third-order valence-electron chi connectivity index (χ3n) is 9.34. The molecule has 1 saturated carbocycles. The van der Waals surface area contributed by atoms with Crippen molar-refractivity contribution in [2.75, 3.05) is 0 Å². The maximum Gasteiger partial charge on any atom is 0.466 e. The SMILES string of the molecule is CC1(C)OB(C2(C(c3cccc(OCc4ccccc4)c3)N(Cc3ccccc3)Cc3ccccc3)CC2)OC1(C)C. The van der Waals surface area contributed by atoms with Gasteiger partial charge in [-0.05, 0) is 74.9 Å². The summed E-state index contributed by atoms with van der Waals surface area (Å²) in [5.74, 6) is 0.880. The minimum atomic E-state index is -0.387. The molecule has 216 valence electrons. The fourth-order valence-electron chi connectivity index (χ4n) is 6.16. The molecule has 4 aromatic carbocycles. The highest BCUT2D eigenvalue weighted by Crippen LogP contribution is 2.69. The number of hydrogen-bond acceptors (Lipinski definition) is 4. The molecule has 1 aliphatic carbocycles. The van der Waals surface area contributed by atoms with E-state index in [-0.39, 0.29) is 29.7 Å². The molecule has 6 rings (SSSR count). The van der Waals surface area contributed by atoms with Gasteiger partial charge in [0, 0.05) is 24.4 Å². The molecule has 0 bridgehead atoms. The van der Waals surface area contributed by atoms with E-state index in [4.69, 9.17) is 14.0 Å². The Kier molecular flexibility index (Phi) is 8.02. The fraction of sp³-hybridized carbons (Fsp3) is 0.351. The van der Waals surface area contributed by atoms with E-state index in [0.717, 1.165) is 37.2 Å². The molecule has 1 saturated heterocycles. The van der Waals surface area contributed by atoms with Gasteiger partial charge in [0.25, 0.3) is 0 Å². The smallest absolute Gasteiger partial charge is 0.466 e. The number of benzene rings is 4. The van der Waals surface area contributed by atoms with Crippen LogP contribution in [0.4, 0.5) is 0 Å². The van der Waals surface area contributed by atoms with Crippen molar-refractivity contribution >= 4 is 7.12 Å². The summed E-state index contributed by atoms with van der Waals surface area (Å²) in [6, 6.07) is 40.7. The van der Waals surface area contributed by atoms with Crippen LogP contribution >= 0.6 is 0 Å². The Morgan fingerprint density at radius 1 is 0.667 bits per heavy atom. The maximum atomic E-state index is 6.80. The number of nitrogens with zero attached hydrogens (tertiary/aromatic N) is 1. The second kappa shape index (κ2) is 11.7. The van der Waals surface area contributed by atoms with Gasteiger partial charge >= 0.3 is 7.12 Å². The Morgan fingerprint density at radius 3 is 1.67 bits per heavy atom. The van der Waals surface area contributed by atoms with Crippen LogP contribution in [0.2, 0.25) is 5.31 Å². The van der Waals surface area contributed by atoms with E-state index in [9.17, 15) is 0 Å². The Bertz CT molecular complexity index is 1400. The maximum absolute atomic E-state index is 6.80. The van der Waals surface area contributed by atoms with Gasteiger partial charge in [0.15, 0.2) is 0 Å². The van der Waals surface area contributed by atoms with E-state index in [2.05, 4.69) is 142 Å². The van der Waals surface area contributed by atoms with Crippen molar-refractivity contribution < 1.29 is 14.0 Å². The van der Waals surface area contributed by atoms with Crippen molar-refractivity contribution in [3.8, 4) is 5.75 Å². The molecule has 4 nitrogen and oxygen atoms in total. The highest BCUT2D eigenvalue weighted by atomic mass is 16.7. The molecule has 1 atom stereocenters. The Hall–Kier alpha value is -3.38. The molecule has 5 heteroatoms. The van der Waals surface area contributed by atoms with Gasteiger partial charge in [-0.25, -0.2) is 0 Å². The van der Waals surface area contributed by atoms with Crippen molar-refractivity contribution in [1.82, 2.24) is 4.90 Å². The normalized spacial score (nSPS) is 19.0. The van der Waals surface area contributed by atoms with E-state index in [1.54, 1.807) is 0 Å². The highest BCUT2D eigenvalue weighted by molar-refractivity contribution is 6.51. The summed E-state index contributed by atoms with van der Waals surface area (Å²) in [6.45, 7) is 10.8. The van der Waals surface area contributed by atoms with E-state index in [0.29, 0.717) is 6.61 Å². The average molecular weight is 560 g/mol. The molecule has 4 aromatic rings. The van der Waals surface area contributed by atoms with Gasteiger partial charge in [-0.3, -0.25) is 4.90 Å². The van der Waals surface area contributed by atoms with Crippen LogP contribution in [-0.4, -0.2) is 23.2 Å². The Labute approximate surface area is 251 Å². The summed E-state index contributed by atoms with van der Waals surface area (Å²) < 4.78 is 19.9. The minimum Gasteiger partial charge on any atom is -0.489 e. The quantitative estimate of drug-likeness (QED) is 0.172. The minimum absolute atomic E-state index is 0.0629. The Balaban J connectivity index is 1.40. The first-order chi connectivity index (χ1) is 20.3. The zero-order chi connectivity index (χ0) is 29.2. The van der Waals surface area contributed by atoms with E-state index in [1.165, 1.54) is 16.7 Å².